The first-order valence-corrected chi connectivity index (χ1v) is 7.46. The molecule has 4 heteroatoms. The standard InChI is InChI=1S/C16H22ClNO2/c1-4-20-14(19)16(10-9-15(2,3)11-16)18-13-8-6-5-7-12(13)17/h5-8,18H,4,9-11H2,1-3H3. The molecule has 1 atom stereocenters. The van der Waals surface area contributed by atoms with E-state index in [1.807, 2.05) is 31.2 Å². The number of benzene rings is 1. The summed E-state index contributed by atoms with van der Waals surface area (Å²) < 4.78 is 5.29. The van der Waals surface area contributed by atoms with Gasteiger partial charge in [-0.15, -0.1) is 0 Å². The highest BCUT2D eigenvalue weighted by Crippen LogP contribution is 2.46. The number of halogens is 1. The molecular formula is C16H22ClNO2. The summed E-state index contributed by atoms with van der Waals surface area (Å²) in [5.74, 6) is -0.175. The van der Waals surface area contributed by atoms with Gasteiger partial charge in [0, 0.05) is 0 Å². The van der Waals surface area contributed by atoms with E-state index >= 15 is 0 Å². The van der Waals surface area contributed by atoms with Gasteiger partial charge in [-0.05, 0) is 43.7 Å². The van der Waals surface area contributed by atoms with Crippen molar-refractivity contribution in [1.29, 1.82) is 0 Å². The number of carbonyl (C=O) groups is 1. The zero-order valence-corrected chi connectivity index (χ0v) is 13.1. The largest absolute Gasteiger partial charge is 0.464 e. The molecule has 20 heavy (non-hydrogen) atoms. The van der Waals surface area contributed by atoms with Crippen LogP contribution < -0.4 is 5.32 Å². The number of rotatable bonds is 4. The van der Waals surface area contributed by atoms with Crippen molar-refractivity contribution in [1.82, 2.24) is 0 Å². The first kappa shape index (κ1) is 15.2. The van der Waals surface area contributed by atoms with Crippen molar-refractivity contribution in [2.24, 2.45) is 5.41 Å². The Bertz CT molecular complexity index is 501. The first-order valence-electron chi connectivity index (χ1n) is 7.08. The molecule has 0 amide bonds. The van der Waals surface area contributed by atoms with E-state index in [-0.39, 0.29) is 11.4 Å². The Labute approximate surface area is 125 Å². The average molecular weight is 296 g/mol. The minimum atomic E-state index is -0.662. The van der Waals surface area contributed by atoms with Crippen molar-refractivity contribution in [2.75, 3.05) is 11.9 Å². The number of hydrogen-bond donors (Lipinski definition) is 1. The number of esters is 1. The van der Waals surface area contributed by atoms with Crippen LogP contribution in [-0.2, 0) is 9.53 Å². The third kappa shape index (κ3) is 3.09. The minimum Gasteiger partial charge on any atom is -0.464 e. The molecular weight excluding hydrogens is 274 g/mol. The molecule has 1 aliphatic rings. The molecule has 1 saturated carbocycles. The van der Waals surface area contributed by atoms with Crippen molar-refractivity contribution in [3.63, 3.8) is 0 Å². The molecule has 1 aliphatic carbocycles. The maximum atomic E-state index is 12.4. The van der Waals surface area contributed by atoms with E-state index in [1.54, 1.807) is 0 Å². The molecule has 2 rings (SSSR count). The van der Waals surface area contributed by atoms with E-state index in [2.05, 4.69) is 19.2 Å². The molecule has 1 fully saturated rings. The van der Waals surface area contributed by atoms with Crippen molar-refractivity contribution in [3.05, 3.63) is 29.3 Å². The topological polar surface area (TPSA) is 38.3 Å². The number of anilines is 1. The Kier molecular flexibility index (Phi) is 4.28. The fourth-order valence-corrected chi connectivity index (χ4v) is 3.15. The van der Waals surface area contributed by atoms with Gasteiger partial charge in [0.2, 0.25) is 0 Å². The predicted octanol–water partition coefficient (Wildman–Crippen LogP) is 4.26. The summed E-state index contributed by atoms with van der Waals surface area (Å²) in [6.07, 6.45) is 2.51. The lowest BCUT2D eigenvalue weighted by Gasteiger charge is -2.31. The van der Waals surface area contributed by atoms with Crippen LogP contribution in [0, 0.1) is 5.41 Å². The molecule has 1 N–H and O–H groups in total. The van der Waals surface area contributed by atoms with Gasteiger partial charge in [0.25, 0.3) is 0 Å². The van der Waals surface area contributed by atoms with Gasteiger partial charge in [-0.25, -0.2) is 4.79 Å². The Balaban J connectivity index is 2.29. The number of hydrogen-bond acceptors (Lipinski definition) is 3. The summed E-state index contributed by atoms with van der Waals surface area (Å²) in [4.78, 5) is 12.4. The number of para-hydroxylation sites is 1. The highest BCUT2D eigenvalue weighted by molar-refractivity contribution is 6.33. The van der Waals surface area contributed by atoms with Gasteiger partial charge >= 0.3 is 5.97 Å². The summed E-state index contributed by atoms with van der Waals surface area (Å²) in [5.41, 5.74) is 0.255. The average Bonchev–Trinajstić information content (AvgIpc) is 2.70. The highest BCUT2D eigenvalue weighted by atomic mass is 35.5. The molecule has 0 aliphatic heterocycles. The van der Waals surface area contributed by atoms with Gasteiger partial charge in [-0.3, -0.25) is 0 Å². The van der Waals surface area contributed by atoms with E-state index in [0.29, 0.717) is 11.6 Å². The lowest BCUT2D eigenvalue weighted by molar-refractivity contribution is -0.148. The monoisotopic (exact) mass is 295 g/mol. The van der Waals surface area contributed by atoms with Gasteiger partial charge in [0.05, 0.1) is 17.3 Å². The lowest BCUT2D eigenvalue weighted by Crippen LogP contribution is -2.46. The molecule has 110 valence electrons. The Morgan fingerprint density at radius 2 is 2.05 bits per heavy atom. The van der Waals surface area contributed by atoms with Crippen LogP contribution in [0.3, 0.4) is 0 Å². The van der Waals surface area contributed by atoms with Crippen LogP contribution in [0.25, 0.3) is 0 Å². The molecule has 0 heterocycles. The van der Waals surface area contributed by atoms with E-state index < -0.39 is 5.54 Å². The van der Waals surface area contributed by atoms with Crippen molar-refractivity contribution in [3.8, 4) is 0 Å². The normalized spacial score (nSPS) is 24.4. The molecule has 3 nitrogen and oxygen atoms in total. The summed E-state index contributed by atoms with van der Waals surface area (Å²) in [5, 5.41) is 3.98. The molecule has 0 bridgehead atoms. The highest BCUT2D eigenvalue weighted by Gasteiger charge is 2.49. The summed E-state index contributed by atoms with van der Waals surface area (Å²) in [7, 11) is 0. The van der Waals surface area contributed by atoms with Gasteiger partial charge in [0.15, 0.2) is 0 Å². The van der Waals surface area contributed by atoms with Crippen LogP contribution in [0.5, 0.6) is 0 Å². The number of nitrogens with one attached hydrogen (secondary N) is 1. The minimum absolute atomic E-state index is 0.126. The molecule has 0 radical (unpaired) electrons. The third-order valence-electron chi connectivity index (χ3n) is 3.92. The van der Waals surface area contributed by atoms with Gasteiger partial charge in [0.1, 0.15) is 5.54 Å². The summed E-state index contributed by atoms with van der Waals surface area (Å²) >= 11 is 6.20. The smallest absolute Gasteiger partial charge is 0.331 e. The molecule has 0 saturated heterocycles. The molecule has 1 unspecified atom stereocenters. The first-order chi connectivity index (χ1) is 9.38. The zero-order chi connectivity index (χ0) is 14.8. The molecule has 1 aromatic rings. The molecule has 0 aromatic heterocycles. The quantitative estimate of drug-likeness (QED) is 0.843. The third-order valence-corrected chi connectivity index (χ3v) is 4.25. The van der Waals surface area contributed by atoms with E-state index in [9.17, 15) is 4.79 Å². The van der Waals surface area contributed by atoms with Crippen LogP contribution in [0.1, 0.15) is 40.0 Å². The molecule has 1 aromatic carbocycles. The van der Waals surface area contributed by atoms with E-state index in [1.165, 1.54) is 0 Å². The predicted molar refractivity (Wildman–Crippen MR) is 82.1 cm³/mol. The van der Waals surface area contributed by atoms with E-state index in [0.717, 1.165) is 24.9 Å². The van der Waals surface area contributed by atoms with Crippen LogP contribution >= 0.6 is 11.6 Å². The number of ether oxygens (including phenoxy) is 1. The summed E-state index contributed by atoms with van der Waals surface area (Å²) in [6, 6.07) is 7.51. The van der Waals surface area contributed by atoms with Crippen molar-refractivity contribution >= 4 is 23.3 Å². The van der Waals surface area contributed by atoms with Gasteiger partial charge < -0.3 is 10.1 Å². The SMILES string of the molecule is CCOC(=O)C1(Nc2ccccc2Cl)CCC(C)(C)C1. The summed E-state index contributed by atoms with van der Waals surface area (Å²) in [6.45, 7) is 6.59. The second-order valence-electron chi connectivity index (χ2n) is 6.25. The van der Waals surface area contributed by atoms with Crippen molar-refractivity contribution < 1.29 is 9.53 Å². The fourth-order valence-electron chi connectivity index (χ4n) is 2.97. The van der Waals surface area contributed by atoms with Crippen LogP contribution in [0.4, 0.5) is 5.69 Å². The van der Waals surface area contributed by atoms with Crippen LogP contribution in [0.15, 0.2) is 24.3 Å². The Morgan fingerprint density at radius 3 is 2.60 bits per heavy atom. The van der Waals surface area contributed by atoms with Crippen LogP contribution in [0.2, 0.25) is 5.02 Å². The fraction of sp³-hybridized carbons (Fsp3) is 0.562. The maximum absolute atomic E-state index is 12.4. The van der Waals surface area contributed by atoms with Gasteiger partial charge in [-0.2, -0.15) is 0 Å². The maximum Gasteiger partial charge on any atom is 0.331 e. The number of carbonyl (C=O) groups excluding carboxylic acids is 1. The Morgan fingerprint density at radius 1 is 1.35 bits per heavy atom. The second kappa shape index (κ2) is 5.65. The molecule has 0 spiro atoms. The lowest BCUT2D eigenvalue weighted by atomic mass is 9.87. The Hall–Kier alpha value is -1.22. The van der Waals surface area contributed by atoms with Gasteiger partial charge in [-0.1, -0.05) is 37.6 Å². The second-order valence-corrected chi connectivity index (χ2v) is 6.66. The van der Waals surface area contributed by atoms with Crippen LogP contribution in [-0.4, -0.2) is 18.1 Å². The van der Waals surface area contributed by atoms with E-state index in [4.69, 9.17) is 16.3 Å². The zero-order valence-electron chi connectivity index (χ0n) is 12.3. The van der Waals surface area contributed by atoms with Crippen molar-refractivity contribution in [2.45, 2.75) is 45.6 Å².